The van der Waals surface area contributed by atoms with Crippen LogP contribution < -0.4 is 11.1 Å². The van der Waals surface area contributed by atoms with E-state index in [2.05, 4.69) is 5.32 Å². The second-order valence-corrected chi connectivity index (χ2v) is 5.42. The molecule has 0 unspecified atom stereocenters. The van der Waals surface area contributed by atoms with Crippen LogP contribution in [0.5, 0.6) is 0 Å². The molecule has 19 heavy (non-hydrogen) atoms. The third-order valence-electron chi connectivity index (χ3n) is 2.36. The number of hydrogen-bond acceptors (Lipinski definition) is 3. The Kier molecular flexibility index (Phi) is 4.85. The van der Waals surface area contributed by atoms with Gasteiger partial charge in [0.15, 0.2) is 0 Å². The molecule has 0 atom stereocenters. The third-order valence-corrected chi connectivity index (χ3v) is 3.59. The molecule has 0 aliphatic carbocycles. The lowest BCUT2D eigenvalue weighted by Crippen LogP contribution is -2.21. The zero-order valence-electron chi connectivity index (χ0n) is 10.1. The Morgan fingerprint density at radius 1 is 1.16 bits per heavy atom. The number of carbonyl (C=O) groups excluding carboxylic acids is 1. The summed E-state index contributed by atoms with van der Waals surface area (Å²) in [5.74, 6) is -0.199. The van der Waals surface area contributed by atoms with Gasteiger partial charge in [-0.1, -0.05) is 29.4 Å². The summed E-state index contributed by atoms with van der Waals surface area (Å²) >= 11 is 7.55. The Morgan fingerprint density at radius 2 is 1.89 bits per heavy atom. The number of nitrogens with one attached hydrogen (secondary N) is 1. The van der Waals surface area contributed by atoms with Gasteiger partial charge in [-0.15, -0.1) is 0 Å². The van der Waals surface area contributed by atoms with Crippen LogP contribution in [0.2, 0.25) is 5.02 Å². The van der Waals surface area contributed by atoms with Gasteiger partial charge in [0.05, 0.1) is 6.54 Å². The maximum Gasteiger partial charge on any atom is 0.238 e. The number of amides is 1. The maximum absolute atomic E-state index is 11.1. The van der Waals surface area contributed by atoms with Crippen LogP contribution >= 0.6 is 23.4 Å². The fourth-order valence-corrected chi connectivity index (χ4v) is 2.62. The number of hydrogen-bond donors (Lipinski definition) is 2. The fourth-order valence-electron chi connectivity index (χ4n) is 1.48. The van der Waals surface area contributed by atoms with Gasteiger partial charge in [0, 0.05) is 20.5 Å². The molecule has 3 nitrogen and oxygen atoms in total. The molecule has 0 aromatic heterocycles. The molecule has 0 aliphatic heterocycles. The molecule has 0 saturated heterocycles. The summed E-state index contributed by atoms with van der Waals surface area (Å²) in [6.45, 7) is -0.0149. The quantitative estimate of drug-likeness (QED) is 0.908. The molecule has 2 rings (SSSR count). The SMILES string of the molecule is NCC(=O)Nc1ccc(Sc2cccc(Cl)c2)cc1. The van der Waals surface area contributed by atoms with Crippen LogP contribution in [0.4, 0.5) is 5.69 Å². The van der Waals surface area contributed by atoms with E-state index in [4.69, 9.17) is 17.3 Å². The Bertz CT molecular complexity index is 572. The highest BCUT2D eigenvalue weighted by Crippen LogP contribution is 2.29. The summed E-state index contributed by atoms with van der Waals surface area (Å²) in [5.41, 5.74) is 5.98. The van der Waals surface area contributed by atoms with Gasteiger partial charge in [0.25, 0.3) is 0 Å². The molecular weight excluding hydrogens is 280 g/mol. The fraction of sp³-hybridized carbons (Fsp3) is 0.0714. The number of halogens is 1. The lowest BCUT2D eigenvalue weighted by Gasteiger charge is -2.05. The van der Waals surface area contributed by atoms with Gasteiger partial charge < -0.3 is 11.1 Å². The van der Waals surface area contributed by atoms with Crippen molar-refractivity contribution in [1.29, 1.82) is 0 Å². The summed E-state index contributed by atoms with van der Waals surface area (Å²) in [4.78, 5) is 13.3. The Hall–Kier alpha value is -1.49. The van der Waals surface area contributed by atoms with E-state index in [1.54, 1.807) is 11.8 Å². The smallest absolute Gasteiger partial charge is 0.238 e. The summed E-state index contributed by atoms with van der Waals surface area (Å²) in [6.07, 6.45) is 0. The standard InChI is InChI=1S/C14H13ClN2OS/c15-10-2-1-3-13(8-10)19-12-6-4-11(5-7-12)17-14(18)9-16/h1-8H,9,16H2,(H,17,18). The Balaban J connectivity index is 2.04. The first-order valence-corrected chi connectivity index (χ1v) is 6.90. The predicted octanol–water partition coefficient (Wildman–Crippen LogP) is 3.39. The van der Waals surface area contributed by atoms with Crippen LogP contribution in [-0.4, -0.2) is 12.5 Å². The van der Waals surface area contributed by atoms with E-state index in [0.717, 1.165) is 20.5 Å². The molecular formula is C14H13ClN2OS. The maximum atomic E-state index is 11.1. The van der Waals surface area contributed by atoms with Gasteiger partial charge in [-0.05, 0) is 42.5 Å². The molecule has 5 heteroatoms. The van der Waals surface area contributed by atoms with Crippen LogP contribution in [0.15, 0.2) is 58.3 Å². The molecule has 0 bridgehead atoms. The molecule has 0 aliphatic rings. The highest BCUT2D eigenvalue weighted by atomic mass is 35.5. The molecule has 98 valence electrons. The van der Waals surface area contributed by atoms with E-state index in [1.807, 2.05) is 48.5 Å². The molecule has 1 amide bonds. The van der Waals surface area contributed by atoms with Gasteiger partial charge in [0.1, 0.15) is 0 Å². The first-order chi connectivity index (χ1) is 9.17. The molecule has 2 aromatic carbocycles. The van der Waals surface area contributed by atoms with Crippen molar-refractivity contribution in [3.63, 3.8) is 0 Å². The first-order valence-electron chi connectivity index (χ1n) is 5.71. The number of benzene rings is 2. The van der Waals surface area contributed by atoms with Crippen LogP contribution in [0.1, 0.15) is 0 Å². The average molecular weight is 293 g/mol. The zero-order valence-corrected chi connectivity index (χ0v) is 11.7. The second kappa shape index (κ2) is 6.61. The molecule has 0 heterocycles. The Morgan fingerprint density at radius 3 is 2.53 bits per heavy atom. The molecule has 0 saturated carbocycles. The van der Waals surface area contributed by atoms with E-state index in [-0.39, 0.29) is 12.5 Å². The van der Waals surface area contributed by atoms with Crippen molar-refractivity contribution < 1.29 is 4.79 Å². The van der Waals surface area contributed by atoms with Crippen molar-refractivity contribution in [2.75, 3.05) is 11.9 Å². The predicted molar refractivity (Wildman–Crippen MR) is 79.7 cm³/mol. The number of nitrogens with two attached hydrogens (primary N) is 1. The lowest BCUT2D eigenvalue weighted by atomic mass is 10.3. The number of anilines is 1. The van der Waals surface area contributed by atoms with Crippen LogP contribution in [0, 0.1) is 0 Å². The third kappa shape index (κ3) is 4.28. The van der Waals surface area contributed by atoms with Crippen LogP contribution in [0.3, 0.4) is 0 Å². The summed E-state index contributed by atoms with van der Waals surface area (Å²) < 4.78 is 0. The number of carbonyl (C=O) groups is 1. The second-order valence-electron chi connectivity index (χ2n) is 3.84. The van der Waals surface area contributed by atoms with Gasteiger partial charge in [-0.2, -0.15) is 0 Å². The van der Waals surface area contributed by atoms with Crippen LogP contribution in [0.25, 0.3) is 0 Å². The Labute approximate surface area is 121 Å². The normalized spacial score (nSPS) is 10.2. The van der Waals surface area contributed by atoms with Crippen molar-refractivity contribution >= 4 is 35.0 Å². The number of rotatable bonds is 4. The molecule has 2 aromatic rings. The van der Waals surface area contributed by atoms with Gasteiger partial charge in [-0.25, -0.2) is 0 Å². The minimum Gasteiger partial charge on any atom is -0.325 e. The highest BCUT2D eigenvalue weighted by Gasteiger charge is 2.01. The largest absolute Gasteiger partial charge is 0.325 e. The van der Waals surface area contributed by atoms with Gasteiger partial charge in [-0.3, -0.25) is 4.79 Å². The zero-order chi connectivity index (χ0) is 13.7. The first kappa shape index (κ1) is 13.9. The minimum absolute atomic E-state index is 0.0149. The average Bonchev–Trinajstić information content (AvgIpc) is 2.41. The monoisotopic (exact) mass is 292 g/mol. The van der Waals surface area contributed by atoms with E-state index in [9.17, 15) is 4.79 Å². The molecule has 0 spiro atoms. The minimum atomic E-state index is -0.199. The highest BCUT2D eigenvalue weighted by molar-refractivity contribution is 7.99. The molecule has 3 N–H and O–H groups in total. The van der Waals surface area contributed by atoms with E-state index >= 15 is 0 Å². The molecule has 0 radical (unpaired) electrons. The summed E-state index contributed by atoms with van der Waals surface area (Å²) in [7, 11) is 0. The summed E-state index contributed by atoms with van der Waals surface area (Å²) in [6, 6.07) is 15.3. The summed E-state index contributed by atoms with van der Waals surface area (Å²) in [5, 5.41) is 3.42. The van der Waals surface area contributed by atoms with Crippen LogP contribution in [-0.2, 0) is 4.79 Å². The lowest BCUT2D eigenvalue weighted by molar-refractivity contribution is -0.114. The van der Waals surface area contributed by atoms with Crippen molar-refractivity contribution in [3.8, 4) is 0 Å². The van der Waals surface area contributed by atoms with Gasteiger partial charge in [0.2, 0.25) is 5.91 Å². The van der Waals surface area contributed by atoms with E-state index in [0.29, 0.717) is 0 Å². The van der Waals surface area contributed by atoms with Crippen molar-refractivity contribution in [3.05, 3.63) is 53.6 Å². The van der Waals surface area contributed by atoms with Crippen molar-refractivity contribution in [2.45, 2.75) is 9.79 Å². The topological polar surface area (TPSA) is 55.1 Å². The van der Waals surface area contributed by atoms with Crippen molar-refractivity contribution in [2.24, 2.45) is 5.73 Å². The van der Waals surface area contributed by atoms with E-state index in [1.165, 1.54) is 0 Å². The van der Waals surface area contributed by atoms with E-state index < -0.39 is 0 Å². The van der Waals surface area contributed by atoms with Crippen molar-refractivity contribution in [1.82, 2.24) is 0 Å². The van der Waals surface area contributed by atoms with Gasteiger partial charge >= 0.3 is 0 Å². The molecule has 0 fully saturated rings.